The molecule has 31 heavy (non-hydrogen) atoms. The zero-order valence-corrected chi connectivity index (χ0v) is 18.6. The van der Waals surface area contributed by atoms with Gasteiger partial charge in [-0.25, -0.2) is 8.78 Å². The van der Waals surface area contributed by atoms with Crippen molar-refractivity contribution in [3.8, 4) is 16.9 Å². The summed E-state index contributed by atoms with van der Waals surface area (Å²) in [6, 6.07) is 7.45. The fourth-order valence-electron chi connectivity index (χ4n) is 4.18. The molecule has 0 radical (unpaired) electrons. The van der Waals surface area contributed by atoms with Crippen LogP contribution in [0.25, 0.3) is 11.1 Å². The van der Waals surface area contributed by atoms with Crippen LogP contribution in [0.15, 0.2) is 30.3 Å². The zero-order valence-electron chi connectivity index (χ0n) is 18.6. The number of hydrogen-bond acceptors (Lipinski definition) is 2. The van der Waals surface area contributed by atoms with Crippen molar-refractivity contribution in [3.63, 3.8) is 0 Å². The predicted molar refractivity (Wildman–Crippen MR) is 118 cm³/mol. The Morgan fingerprint density at radius 1 is 0.935 bits per heavy atom. The zero-order chi connectivity index (χ0) is 22.2. The van der Waals surface area contributed by atoms with E-state index in [1.807, 2.05) is 6.92 Å². The molecule has 0 saturated carbocycles. The van der Waals surface area contributed by atoms with Crippen molar-refractivity contribution in [2.24, 2.45) is 0 Å². The Labute approximate surface area is 183 Å². The first kappa shape index (κ1) is 23.6. The normalized spacial score (nSPS) is 18.9. The summed E-state index contributed by atoms with van der Waals surface area (Å²) in [4.78, 5) is 0. The summed E-state index contributed by atoms with van der Waals surface area (Å²) in [6.07, 6.45) is 8.72. The van der Waals surface area contributed by atoms with Crippen LogP contribution in [0, 0.1) is 17.5 Å². The van der Waals surface area contributed by atoms with E-state index < -0.39 is 17.5 Å². The topological polar surface area (TPSA) is 18.5 Å². The maximum absolute atomic E-state index is 14.9. The highest BCUT2D eigenvalue weighted by Crippen LogP contribution is 2.35. The molecule has 2 aromatic rings. The molecule has 2 unspecified atom stereocenters. The van der Waals surface area contributed by atoms with E-state index in [0.29, 0.717) is 30.8 Å². The Morgan fingerprint density at radius 2 is 1.77 bits per heavy atom. The highest BCUT2D eigenvalue weighted by Gasteiger charge is 2.25. The molecular weight excluding hydrogens is 401 g/mol. The molecule has 0 aliphatic carbocycles. The van der Waals surface area contributed by atoms with Gasteiger partial charge in [-0.2, -0.15) is 4.39 Å². The number of halogens is 3. The molecule has 0 amide bonds. The lowest BCUT2D eigenvalue weighted by molar-refractivity contribution is -0.00272. The molecule has 0 aromatic heterocycles. The first-order valence-corrected chi connectivity index (χ1v) is 11.6. The maximum atomic E-state index is 14.9. The van der Waals surface area contributed by atoms with Crippen molar-refractivity contribution in [2.45, 2.75) is 77.2 Å². The van der Waals surface area contributed by atoms with Crippen molar-refractivity contribution in [1.82, 2.24) is 0 Å². The molecular formula is C26H33F3O2. The third kappa shape index (κ3) is 6.03. The Kier molecular flexibility index (Phi) is 8.82. The maximum Gasteiger partial charge on any atom is 0.201 e. The van der Waals surface area contributed by atoms with E-state index in [0.717, 1.165) is 19.3 Å². The van der Waals surface area contributed by atoms with Crippen molar-refractivity contribution in [1.29, 1.82) is 0 Å². The summed E-state index contributed by atoms with van der Waals surface area (Å²) in [6.45, 7) is 4.89. The lowest BCUT2D eigenvalue weighted by Gasteiger charge is -2.29. The van der Waals surface area contributed by atoms with E-state index >= 15 is 0 Å². The van der Waals surface area contributed by atoms with Gasteiger partial charge < -0.3 is 9.47 Å². The third-order valence-electron chi connectivity index (χ3n) is 6.01. The molecule has 5 heteroatoms. The van der Waals surface area contributed by atoms with Gasteiger partial charge in [-0.3, -0.25) is 0 Å². The molecule has 2 nitrogen and oxygen atoms in total. The molecule has 0 N–H and O–H groups in total. The van der Waals surface area contributed by atoms with Gasteiger partial charge in [0.05, 0.1) is 19.3 Å². The van der Waals surface area contributed by atoms with Gasteiger partial charge in [-0.15, -0.1) is 0 Å². The van der Waals surface area contributed by atoms with Gasteiger partial charge in [-0.05, 0) is 55.0 Å². The van der Waals surface area contributed by atoms with Gasteiger partial charge in [0.1, 0.15) is 5.82 Å². The molecule has 1 saturated heterocycles. The first-order valence-electron chi connectivity index (χ1n) is 11.6. The van der Waals surface area contributed by atoms with Crippen molar-refractivity contribution in [3.05, 3.63) is 53.3 Å². The molecule has 0 spiro atoms. The minimum atomic E-state index is -1.04. The Bertz CT molecular complexity index is 845. The number of hydrogen-bond donors (Lipinski definition) is 0. The van der Waals surface area contributed by atoms with E-state index in [1.54, 1.807) is 12.1 Å². The smallest absolute Gasteiger partial charge is 0.201 e. The van der Waals surface area contributed by atoms with Gasteiger partial charge in [0.15, 0.2) is 11.6 Å². The van der Waals surface area contributed by atoms with Crippen LogP contribution in [0.3, 0.4) is 0 Å². The first-order chi connectivity index (χ1) is 15.0. The second-order valence-electron chi connectivity index (χ2n) is 8.40. The number of ether oxygens (including phenoxy) is 2. The summed E-state index contributed by atoms with van der Waals surface area (Å²) < 4.78 is 55.0. The second kappa shape index (κ2) is 11.6. The van der Waals surface area contributed by atoms with Crippen LogP contribution in [0.2, 0.25) is 0 Å². The average molecular weight is 435 g/mol. The van der Waals surface area contributed by atoms with Gasteiger partial charge >= 0.3 is 0 Å². The molecule has 170 valence electrons. The molecule has 1 aliphatic rings. The van der Waals surface area contributed by atoms with E-state index in [-0.39, 0.29) is 23.3 Å². The molecule has 1 fully saturated rings. The van der Waals surface area contributed by atoms with Crippen LogP contribution in [0.5, 0.6) is 5.75 Å². The number of unbranched alkanes of at least 4 members (excludes halogenated alkanes) is 3. The lowest BCUT2D eigenvalue weighted by atomic mass is 9.88. The summed E-state index contributed by atoms with van der Waals surface area (Å²) in [7, 11) is 0. The minimum absolute atomic E-state index is 0.00709. The largest absolute Gasteiger partial charge is 0.490 e. The molecule has 0 bridgehead atoms. The summed E-state index contributed by atoms with van der Waals surface area (Å²) in [5.41, 5.74) is 0.918. The summed E-state index contributed by atoms with van der Waals surface area (Å²) >= 11 is 0. The molecule has 2 atom stereocenters. The molecule has 1 heterocycles. The van der Waals surface area contributed by atoms with Crippen LogP contribution in [0.1, 0.15) is 76.7 Å². The minimum Gasteiger partial charge on any atom is -0.490 e. The van der Waals surface area contributed by atoms with Crippen molar-refractivity contribution in [2.75, 3.05) is 13.2 Å². The summed E-state index contributed by atoms with van der Waals surface area (Å²) in [5.74, 6) is -2.59. The van der Waals surface area contributed by atoms with E-state index in [9.17, 15) is 13.2 Å². The SMILES string of the molecule is CCCCCCC1CCC(c2ccc(-c3ccc(OCCC)c(F)c3F)cc2F)CO1. The fourth-order valence-corrected chi connectivity index (χ4v) is 4.18. The monoisotopic (exact) mass is 434 g/mol. The molecule has 2 aromatic carbocycles. The standard InChI is InChI=1S/C26H33F3O2/c1-3-5-6-7-8-20-11-9-19(17-31-20)21-12-10-18(16-23(21)27)22-13-14-24(30-15-4-2)26(29)25(22)28/h10,12-14,16,19-20H,3-9,11,15,17H2,1-2H3. The number of benzene rings is 2. The van der Waals surface area contributed by atoms with Crippen LogP contribution >= 0.6 is 0 Å². The fraction of sp³-hybridized carbons (Fsp3) is 0.538. The van der Waals surface area contributed by atoms with Crippen LogP contribution in [0.4, 0.5) is 13.2 Å². The lowest BCUT2D eigenvalue weighted by Crippen LogP contribution is -2.25. The summed E-state index contributed by atoms with van der Waals surface area (Å²) in [5, 5.41) is 0. The highest BCUT2D eigenvalue weighted by atomic mass is 19.2. The van der Waals surface area contributed by atoms with Gasteiger partial charge in [0, 0.05) is 11.5 Å². The Balaban J connectivity index is 1.65. The highest BCUT2D eigenvalue weighted by molar-refractivity contribution is 5.66. The molecule has 3 rings (SSSR count). The van der Waals surface area contributed by atoms with E-state index in [4.69, 9.17) is 9.47 Å². The predicted octanol–water partition coefficient (Wildman–Crippen LogP) is 7.79. The molecule has 1 aliphatic heterocycles. The average Bonchev–Trinajstić information content (AvgIpc) is 2.78. The second-order valence-corrected chi connectivity index (χ2v) is 8.40. The van der Waals surface area contributed by atoms with E-state index in [2.05, 4.69) is 6.92 Å². The Hall–Kier alpha value is -2.01. The van der Waals surface area contributed by atoms with Crippen molar-refractivity contribution >= 4 is 0 Å². The third-order valence-corrected chi connectivity index (χ3v) is 6.01. The van der Waals surface area contributed by atoms with Crippen LogP contribution < -0.4 is 4.74 Å². The van der Waals surface area contributed by atoms with E-state index in [1.165, 1.54) is 43.9 Å². The van der Waals surface area contributed by atoms with Gasteiger partial charge in [0.2, 0.25) is 5.82 Å². The van der Waals surface area contributed by atoms with Crippen LogP contribution in [-0.4, -0.2) is 19.3 Å². The number of rotatable bonds is 10. The van der Waals surface area contributed by atoms with Gasteiger partial charge in [0.25, 0.3) is 0 Å². The van der Waals surface area contributed by atoms with Crippen LogP contribution in [-0.2, 0) is 4.74 Å². The van der Waals surface area contributed by atoms with Gasteiger partial charge in [-0.1, -0.05) is 51.7 Å². The van der Waals surface area contributed by atoms with Crippen molar-refractivity contribution < 1.29 is 22.6 Å². The Morgan fingerprint density at radius 3 is 2.45 bits per heavy atom. The quantitative estimate of drug-likeness (QED) is 0.355.